The first-order chi connectivity index (χ1) is 33.7. The highest BCUT2D eigenvalue weighted by molar-refractivity contribution is 7.80. The number of aliphatic hydroxyl groups is 5. The first kappa shape index (κ1) is 63.6. The summed E-state index contributed by atoms with van der Waals surface area (Å²) in [6, 6.07) is 4.89. The van der Waals surface area contributed by atoms with Gasteiger partial charge in [-0.05, 0) is 55.9 Å². The second kappa shape index (κ2) is 44.0. The van der Waals surface area contributed by atoms with Gasteiger partial charge in [-0.15, -0.1) is 0 Å². The Morgan fingerprint density at radius 3 is 1.38 bits per heavy atom. The molecule has 0 bridgehead atoms. The van der Waals surface area contributed by atoms with Crippen LogP contribution in [-0.4, -0.2) is 99.4 Å². The number of hydrogen-bond acceptors (Lipinski definition) is 10. The van der Waals surface area contributed by atoms with Crippen molar-refractivity contribution in [1.82, 2.24) is 5.32 Å². The zero-order chi connectivity index (χ0) is 50.0. The fourth-order valence-corrected chi connectivity index (χ4v) is 9.71. The van der Waals surface area contributed by atoms with E-state index in [0.29, 0.717) is 18.7 Å². The Labute approximate surface area is 426 Å². The average Bonchev–Trinajstić information content (AvgIpc) is 3.35. The van der Waals surface area contributed by atoms with Crippen LogP contribution >= 0.6 is 12.2 Å². The molecular weight excluding hydrogens is 892 g/mol. The van der Waals surface area contributed by atoms with Gasteiger partial charge in [-0.1, -0.05) is 239 Å². The molecule has 12 heteroatoms. The van der Waals surface area contributed by atoms with Crippen LogP contribution in [0.15, 0.2) is 24.3 Å². The van der Waals surface area contributed by atoms with Crippen molar-refractivity contribution in [1.29, 1.82) is 0 Å². The summed E-state index contributed by atoms with van der Waals surface area (Å²) in [5, 5.41) is 61.0. The van der Waals surface area contributed by atoms with Crippen LogP contribution in [0.5, 0.6) is 0 Å². The minimum Gasteiger partial charge on any atom is -0.468 e. The van der Waals surface area contributed by atoms with E-state index in [-0.39, 0.29) is 18.4 Å². The molecule has 0 aliphatic carbocycles. The molecule has 1 saturated heterocycles. The lowest BCUT2D eigenvalue weighted by molar-refractivity contribution is -0.302. The number of unbranched alkanes of at least 4 members (excludes halogenated alkanes) is 34. The van der Waals surface area contributed by atoms with Gasteiger partial charge in [0.25, 0.3) is 5.17 Å². The van der Waals surface area contributed by atoms with E-state index in [4.69, 9.17) is 26.4 Å². The summed E-state index contributed by atoms with van der Waals surface area (Å²) in [5.74, 6) is -0.393. The Balaban J connectivity index is 1.68. The highest BCUT2D eigenvalue weighted by atomic mass is 32.1. The normalized spacial score (nSPS) is 19.7. The van der Waals surface area contributed by atoms with E-state index in [0.717, 1.165) is 38.5 Å². The van der Waals surface area contributed by atoms with Crippen molar-refractivity contribution in [3.05, 3.63) is 30.1 Å². The van der Waals surface area contributed by atoms with Gasteiger partial charge in [-0.25, -0.2) is 4.39 Å². The second-order valence-electron chi connectivity index (χ2n) is 20.5. The topological polar surface area (TPSA) is 153 Å². The smallest absolute Gasteiger partial charge is 0.261 e. The standard InChI is InChI=1S/C57H105FN2O8S/c1-3-5-7-9-11-13-15-17-18-19-20-21-22-23-24-25-26-27-28-30-32-34-36-38-44-59-49(52(62)50(61)39-37-35-33-31-29-16-14-12-10-8-6-4-2)45-66-56-55(65)54(64)53(63)51(68-56)46-67-57(69)60-48-42-40-47(58)41-43-48/h40-43,49-56,59,61-65H,3-39,44-46H2,1-2H3,(H,60,69)/t49-,50+,51+,52-,53-,54-,55+,56+/m0/s1. The Kier molecular flexibility index (Phi) is 40.6. The molecular formula is C57H105FN2O8S. The summed E-state index contributed by atoms with van der Waals surface area (Å²) in [6.45, 7) is 4.78. The van der Waals surface area contributed by atoms with Gasteiger partial charge in [0, 0.05) is 5.69 Å². The molecule has 1 aliphatic rings. The monoisotopic (exact) mass is 997 g/mol. The van der Waals surface area contributed by atoms with Crippen LogP contribution in [0.3, 0.4) is 0 Å². The third kappa shape index (κ3) is 33.1. The number of nitrogens with one attached hydrogen (secondary N) is 2. The van der Waals surface area contributed by atoms with Crippen molar-refractivity contribution in [2.24, 2.45) is 0 Å². The number of hydrogen-bond donors (Lipinski definition) is 7. The van der Waals surface area contributed by atoms with Gasteiger partial charge in [0.2, 0.25) is 0 Å². The van der Waals surface area contributed by atoms with E-state index in [2.05, 4.69) is 24.5 Å². The van der Waals surface area contributed by atoms with Gasteiger partial charge < -0.3 is 50.4 Å². The van der Waals surface area contributed by atoms with Crippen molar-refractivity contribution in [3.8, 4) is 0 Å². The fourth-order valence-electron chi connectivity index (χ4n) is 9.52. The lowest BCUT2D eigenvalue weighted by Crippen LogP contribution is -2.60. The van der Waals surface area contributed by atoms with Crippen LogP contribution in [0.1, 0.15) is 251 Å². The predicted octanol–water partition coefficient (Wildman–Crippen LogP) is 13.5. The van der Waals surface area contributed by atoms with Crippen LogP contribution in [0.25, 0.3) is 0 Å². The maximum Gasteiger partial charge on any atom is 0.261 e. The van der Waals surface area contributed by atoms with E-state index in [9.17, 15) is 29.9 Å². The van der Waals surface area contributed by atoms with E-state index in [1.165, 1.54) is 217 Å². The third-order valence-electron chi connectivity index (χ3n) is 14.2. The molecule has 1 aliphatic heterocycles. The van der Waals surface area contributed by atoms with Gasteiger partial charge in [0.1, 0.15) is 36.8 Å². The summed E-state index contributed by atoms with van der Waals surface area (Å²) in [4.78, 5) is 0. The van der Waals surface area contributed by atoms with Crippen LogP contribution in [0, 0.1) is 5.82 Å². The van der Waals surface area contributed by atoms with Crippen molar-refractivity contribution in [3.63, 3.8) is 0 Å². The van der Waals surface area contributed by atoms with Crippen LogP contribution in [-0.2, 0) is 14.2 Å². The quantitative estimate of drug-likeness (QED) is 0.0247. The lowest BCUT2D eigenvalue weighted by Gasteiger charge is -2.40. The summed E-state index contributed by atoms with van der Waals surface area (Å²) in [5.41, 5.74) is 0.507. The zero-order valence-corrected chi connectivity index (χ0v) is 44.8. The molecule has 1 fully saturated rings. The number of rotatable bonds is 47. The van der Waals surface area contributed by atoms with Crippen molar-refractivity contribution >= 4 is 23.1 Å². The molecule has 69 heavy (non-hydrogen) atoms. The summed E-state index contributed by atoms with van der Waals surface area (Å²) in [6.07, 6.45) is 38.0. The SMILES string of the molecule is CCCCCCCCCCCCCCCCCCCCCCCCCCN[C@@H](CO[C@@H]1O[C@H](COC(=S)Nc2ccc(F)cc2)[C@H](O)[C@H](O)[C@H]1O)[C@H](O)[C@H](O)CCCCCCCCCCCCCC. The van der Waals surface area contributed by atoms with Gasteiger partial charge in [0.15, 0.2) is 6.29 Å². The molecule has 0 unspecified atom stereocenters. The van der Waals surface area contributed by atoms with E-state index in [1.807, 2.05) is 0 Å². The highest BCUT2D eigenvalue weighted by Crippen LogP contribution is 2.24. The summed E-state index contributed by atoms with van der Waals surface area (Å²) in [7, 11) is 0. The molecule has 8 atom stereocenters. The number of thiocarbonyl (C=S) groups is 1. The van der Waals surface area contributed by atoms with Crippen LogP contribution in [0.4, 0.5) is 10.1 Å². The van der Waals surface area contributed by atoms with Crippen molar-refractivity contribution < 1.29 is 44.1 Å². The first-order valence-electron chi connectivity index (χ1n) is 28.8. The number of anilines is 1. The largest absolute Gasteiger partial charge is 0.468 e. The summed E-state index contributed by atoms with van der Waals surface area (Å²) >= 11 is 5.24. The van der Waals surface area contributed by atoms with E-state index < -0.39 is 54.8 Å². The molecule has 7 N–H and O–H groups in total. The van der Waals surface area contributed by atoms with Gasteiger partial charge in [-0.2, -0.15) is 0 Å². The molecule has 404 valence electrons. The molecule has 1 aromatic rings. The number of aliphatic hydroxyl groups excluding tert-OH is 5. The second-order valence-corrected chi connectivity index (χ2v) is 20.9. The maximum absolute atomic E-state index is 13.3. The molecule has 1 aromatic carbocycles. The van der Waals surface area contributed by atoms with Crippen LogP contribution < -0.4 is 10.6 Å². The zero-order valence-electron chi connectivity index (χ0n) is 44.0. The van der Waals surface area contributed by atoms with Gasteiger partial charge in [0.05, 0.1) is 24.9 Å². The highest BCUT2D eigenvalue weighted by Gasteiger charge is 2.45. The Hall–Kier alpha value is -1.48. The molecule has 0 spiro atoms. The lowest BCUT2D eigenvalue weighted by atomic mass is 9.98. The Morgan fingerprint density at radius 1 is 0.565 bits per heavy atom. The van der Waals surface area contributed by atoms with Gasteiger partial charge in [-0.3, -0.25) is 0 Å². The molecule has 0 amide bonds. The minimum absolute atomic E-state index is 0.0502. The number of halogens is 1. The summed E-state index contributed by atoms with van der Waals surface area (Å²) < 4.78 is 30.8. The molecule has 1 heterocycles. The Bertz CT molecular complexity index is 1300. The predicted molar refractivity (Wildman–Crippen MR) is 287 cm³/mol. The Morgan fingerprint density at radius 2 is 0.957 bits per heavy atom. The minimum atomic E-state index is -1.59. The number of benzene rings is 1. The average molecular weight is 998 g/mol. The molecule has 0 saturated carbocycles. The third-order valence-corrected chi connectivity index (χ3v) is 14.4. The van der Waals surface area contributed by atoms with Crippen molar-refractivity contribution in [2.75, 3.05) is 25.1 Å². The molecule has 10 nitrogen and oxygen atoms in total. The maximum atomic E-state index is 13.3. The van der Waals surface area contributed by atoms with Crippen LogP contribution in [0.2, 0.25) is 0 Å². The molecule has 0 aromatic heterocycles. The van der Waals surface area contributed by atoms with E-state index in [1.54, 1.807) is 0 Å². The van der Waals surface area contributed by atoms with Crippen molar-refractivity contribution in [2.45, 2.75) is 300 Å². The first-order valence-corrected chi connectivity index (χ1v) is 29.2. The fraction of sp³-hybridized carbons (Fsp3) is 0.877. The van der Waals surface area contributed by atoms with E-state index >= 15 is 0 Å². The molecule has 0 radical (unpaired) electrons. The van der Waals surface area contributed by atoms with Gasteiger partial charge >= 0.3 is 0 Å². The number of ether oxygens (including phenoxy) is 3. The molecule has 2 rings (SSSR count).